The van der Waals surface area contributed by atoms with Crippen molar-refractivity contribution in [3.8, 4) is 5.75 Å². The Balaban J connectivity index is 0.00000245. The Kier molecular flexibility index (Phi) is 13.6. The zero-order chi connectivity index (χ0) is 30.9. The lowest BCUT2D eigenvalue weighted by Gasteiger charge is -2.42. The van der Waals surface area contributed by atoms with Crippen LogP contribution in [0.2, 0.25) is 0 Å². The summed E-state index contributed by atoms with van der Waals surface area (Å²) in [6.07, 6.45) is -7.22. The molecular weight excluding hydrogens is 681 g/mol. The molecule has 0 unspecified atom stereocenters. The van der Waals surface area contributed by atoms with Crippen molar-refractivity contribution in [3.63, 3.8) is 0 Å². The van der Waals surface area contributed by atoms with Gasteiger partial charge in [0.2, 0.25) is 0 Å². The molecule has 2 aliphatic heterocycles. The Labute approximate surface area is 282 Å². The second-order valence-electron chi connectivity index (χ2n) is 11.2. The van der Waals surface area contributed by atoms with Crippen LogP contribution in [0.1, 0.15) is 43.9 Å². The van der Waals surface area contributed by atoms with Gasteiger partial charge in [0.15, 0.2) is 0 Å². The van der Waals surface area contributed by atoms with E-state index in [9.17, 15) is 36.2 Å². The quantitative estimate of drug-likeness (QED) is 0.284. The van der Waals surface area contributed by atoms with Crippen LogP contribution in [0.3, 0.4) is 0 Å². The van der Waals surface area contributed by atoms with E-state index in [-0.39, 0.29) is 62.0 Å². The third-order valence-corrected chi connectivity index (χ3v) is 8.18. The molecule has 2 aromatic carbocycles. The normalized spacial score (nSPS) is 17.3. The Morgan fingerprint density at radius 1 is 0.891 bits per heavy atom. The smallest absolute Gasteiger partial charge is 0.416 e. The first-order valence-electron chi connectivity index (χ1n) is 14.0. The third-order valence-electron chi connectivity index (χ3n) is 8.18. The van der Waals surface area contributed by atoms with Crippen LogP contribution >= 0.6 is 37.2 Å². The highest BCUT2D eigenvalue weighted by molar-refractivity contribution is 5.95. The Hall–Kier alpha value is -2.77. The monoisotopic (exact) mass is 714 g/mol. The van der Waals surface area contributed by atoms with Gasteiger partial charge >= 0.3 is 12.4 Å². The number of piperazine rings is 1. The van der Waals surface area contributed by atoms with Crippen LogP contribution in [0, 0.1) is 6.92 Å². The summed E-state index contributed by atoms with van der Waals surface area (Å²) < 4.78 is 81.1. The molecule has 2 aliphatic rings. The third kappa shape index (κ3) is 9.41. The molecule has 0 radical (unpaired) electrons. The number of pyridine rings is 1. The number of amides is 1. The number of carbonyl (C=O) groups is 1. The number of rotatable bonds is 6. The predicted octanol–water partition coefficient (Wildman–Crippen LogP) is 6.83. The van der Waals surface area contributed by atoms with Gasteiger partial charge in [0.05, 0.1) is 11.1 Å². The number of halogens is 9. The summed E-state index contributed by atoms with van der Waals surface area (Å²) in [7, 11) is 0. The number of hydrogen-bond donors (Lipinski definition) is 1. The van der Waals surface area contributed by atoms with Gasteiger partial charge < -0.3 is 10.0 Å². The minimum absolute atomic E-state index is 0. The molecule has 3 heterocycles. The molecule has 5 rings (SSSR count). The number of carbonyl (C=O) groups excluding carboxylic acids is 1. The summed E-state index contributed by atoms with van der Waals surface area (Å²) in [5.41, 5.74) is -0.0777. The van der Waals surface area contributed by atoms with Gasteiger partial charge in [-0.15, -0.1) is 37.2 Å². The largest absolute Gasteiger partial charge is 0.508 e. The van der Waals surface area contributed by atoms with E-state index in [1.807, 2.05) is 6.07 Å². The fourth-order valence-electron chi connectivity index (χ4n) is 5.76. The number of aromatic nitrogens is 1. The van der Waals surface area contributed by atoms with Gasteiger partial charge in [-0.3, -0.25) is 19.6 Å². The SMILES string of the molecule is Cc1ccc(C[C@@H]2CN(CCN3CCc4ncccc4C3)CCN2C(=O)c2cc(C(F)(F)F)cc(C(F)(F)F)c2)cc1O.Cl.Cl.Cl. The van der Waals surface area contributed by atoms with Crippen molar-refractivity contribution in [1.82, 2.24) is 19.7 Å². The zero-order valence-electron chi connectivity index (χ0n) is 24.8. The Morgan fingerprint density at radius 3 is 2.17 bits per heavy atom. The number of phenols is 1. The molecular formula is C31H35Cl3F6N4O2. The van der Waals surface area contributed by atoms with Crippen LogP contribution < -0.4 is 0 Å². The Morgan fingerprint density at radius 2 is 1.54 bits per heavy atom. The summed E-state index contributed by atoms with van der Waals surface area (Å²) >= 11 is 0. The standard InChI is InChI=1S/C31H32F6N4O2.3ClH/c1-20-4-5-21(14-28(20)42)13-26-19-40(10-9-39-8-6-27-22(18-39)3-2-7-38-27)11-12-41(26)29(43)23-15-24(30(32,33)34)17-25(16-23)31(35,36)37;;;/h2-5,7,14-17,26,42H,6,8-13,18-19H2,1H3;3*1H/t26-;;;/m1.../s1. The van der Waals surface area contributed by atoms with Crippen molar-refractivity contribution in [2.24, 2.45) is 0 Å². The van der Waals surface area contributed by atoms with Crippen molar-refractivity contribution in [3.05, 3.63) is 93.8 Å². The first-order valence-corrected chi connectivity index (χ1v) is 14.0. The van der Waals surface area contributed by atoms with E-state index in [0.717, 1.165) is 31.7 Å². The molecule has 1 saturated heterocycles. The highest BCUT2D eigenvalue weighted by Gasteiger charge is 2.39. The number of aromatic hydroxyl groups is 1. The number of phenolic OH excluding ortho intramolecular Hbond substituents is 1. The van der Waals surface area contributed by atoms with Gasteiger partial charge in [-0.25, -0.2) is 0 Å². The van der Waals surface area contributed by atoms with Gasteiger partial charge in [0.1, 0.15) is 5.75 Å². The minimum atomic E-state index is -5.06. The molecule has 0 saturated carbocycles. The number of fused-ring (bicyclic) bond motifs is 1. The molecule has 1 aromatic heterocycles. The summed E-state index contributed by atoms with van der Waals surface area (Å²) in [5.74, 6) is -0.826. The van der Waals surface area contributed by atoms with Crippen molar-refractivity contribution in [2.45, 2.75) is 44.7 Å². The molecule has 3 aromatic rings. The molecule has 1 N–H and O–H groups in total. The molecule has 0 aliphatic carbocycles. The highest BCUT2D eigenvalue weighted by Crippen LogP contribution is 2.37. The molecule has 46 heavy (non-hydrogen) atoms. The fraction of sp³-hybridized carbons (Fsp3) is 0.419. The lowest BCUT2D eigenvalue weighted by molar-refractivity contribution is -0.143. The van der Waals surface area contributed by atoms with E-state index in [0.29, 0.717) is 42.9 Å². The van der Waals surface area contributed by atoms with Gasteiger partial charge in [-0.05, 0) is 60.4 Å². The number of hydrogen-bond acceptors (Lipinski definition) is 5. The summed E-state index contributed by atoms with van der Waals surface area (Å²) in [4.78, 5) is 23.9. The van der Waals surface area contributed by atoms with Gasteiger partial charge in [-0.2, -0.15) is 26.3 Å². The number of nitrogens with zero attached hydrogens (tertiary/aromatic N) is 4. The fourth-order valence-corrected chi connectivity index (χ4v) is 5.76. The molecule has 1 fully saturated rings. The molecule has 1 amide bonds. The average Bonchev–Trinajstić information content (AvgIpc) is 2.96. The first-order chi connectivity index (χ1) is 20.3. The minimum Gasteiger partial charge on any atom is -0.508 e. The molecule has 0 bridgehead atoms. The number of benzene rings is 2. The van der Waals surface area contributed by atoms with Crippen molar-refractivity contribution >= 4 is 43.1 Å². The summed E-state index contributed by atoms with van der Waals surface area (Å²) in [6, 6.07) is 9.52. The second-order valence-corrected chi connectivity index (χ2v) is 11.2. The van der Waals surface area contributed by atoms with Gasteiger partial charge in [0.25, 0.3) is 5.91 Å². The van der Waals surface area contributed by atoms with E-state index >= 15 is 0 Å². The molecule has 6 nitrogen and oxygen atoms in total. The van der Waals surface area contributed by atoms with E-state index in [1.54, 1.807) is 31.3 Å². The van der Waals surface area contributed by atoms with Gasteiger partial charge in [0, 0.05) is 75.7 Å². The summed E-state index contributed by atoms with van der Waals surface area (Å²) in [5, 5.41) is 10.2. The number of aryl methyl sites for hydroxylation is 1. The van der Waals surface area contributed by atoms with Crippen LogP contribution in [0.5, 0.6) is 5.75 Å². The van der Waals surface area contributed by atoms with E-state index in [1.165, 1.54) is 10.5 Å². The van der Waals surface area contributed by atoms with Crippen molar-refractivity contribution < 1.29 is 36.2 Å². The van der Waals surface area contributed by atoms with Crippen molar-refractivity contribution in [2.75, 3.05) is 39.3 Å². The second kappa shape index (κ2) is 15.9. The highest BCUT2D eigenvalue weighted by atomic mass is 35.5. The lowest BCUT2D eigenvalue weighted by atomic mass is 9.98. The van der Waals surface area contributed by atoms with Crippen LogP contribution in [-0.2, 0) is 31.7 Å². The number of alkyl halides is 6. The van der Waals surface area contributed by atoms with Crippen LogP contribution in [0.25, 0.3) is 0 Å². The molecule has 15 heteroatoms. The average molecular weight is 716 g/mol. The first kappa shape index (κ1) is 39.4. The van der Waals surface area contributed by atoms with Crippen LogP contribution in [-0.4, -0.2) is 76.0 Å². The van der Waals surface area contributed by atoms with E-state index in [4.69, 9.17) is 0 Å². The van der Waals surface area contributed by atoms with Crippen molar-refractivity contribution in [1.29, 1.82) is 0 Å². The predicted molar refractivity (Wildman–Crippen MR) is 169 cm³/mol. The molecule has 1 atom stereocenters. The maximum Gasteiger partial charge on any atom is 0.416 e. The Bertz CT molecular complexity index is 1460. The summed E-state index contributed by atoms with van der Waals surface area (Å²) in [6.45, 7) is 5.70. The molecule has 254 valence electrons. The van der Waals surface area contributed by atoms with E-state index < -0.39 is 41.0 Å². The zero-order valence-corrected chi connectivity index (χ0v) is 27.2. The van der Waals surface area contributed by atoms with Crippen LogP contribution in [0.4, 0.5) is 26.3 Å². The maximum atomic E-state index is 13.6. The van der Waals surface area contributed by atoms with E-state index in [2.05, 4.69) is 20.9 Å². The van der Waals surface area contributed by atoms with Crippen LogP contribution in [0.15, 0.2) is 54.7 Å². The maximum absolute atomic E-state index is 13.6. The topological polar surface area (TPSA) is 59.9 Å². The lowest BCUT2D eigenvalue weighted by Crippen LogP contribution is -2.57. The molecule has 0 spiro atoms. The van der Waals surface area contributed by atoms with Gasteiger partial charge in [-0.1, -0.05) is 18.2 Å².